The van der Waals surface area contributed by atoms with E-state index >= 15 is 0 Å². The first-order chi connectivity index (χ1) is 32.0. The quantitative estimate of drug-likeness (QED) is 0.0637. The Bertz CT molecular complexity index is 2590. The van der Waals surface area contributed by atoms with Crippen molar-refractivity contribution >= 4 is 63.6 Å². The third kappa shape index (κ3) is 13.1. The minimum atomic E-state index is -0.983. The number of hydrogen-bond donors (Lipinski definition) is 4. The molecular weight excluding hydrogens is 938 g/mol. The number of nitrogens with one attached hydrogen (secondary N) is 3. The van der Waals surface area contributed by atoms with Crippen LogP contribution in [0, 0.1) is 26.2 Å². The summed E-state index contributed by atoms with van der Waals surface area (Å²) in [5.74, 6) is -0.949. The van der Waals surface area contributed by atoms with Crippen molar-refractivity contribution in [2.24, 2.45) is 10.4 Å². The lowest BCUT2D eigenvalue weighted by atomic mass is 9.85. The number of aliphatic hydroxyl groups is 1. The lowest BCUT2D eigenvalue weighted by Crippen LogP contribution is -2.58. The monoisotopic (exact) mass is 1000 g/mol. The second-order valence-corrected chi connectivity index (χ2v) is 20.5. The molecular formula is C50H66ClN9O7S2. The second kappa shape index (κ2) is 24.0. The van der Waals surface area contributed by atoms with E-state index in [9.17, 15) is 24.3 Å². The Balaban J connectivity index is 0.00000444. The number of ether oxygens (including phenoxy) is 2. The minimum absolute atomic E-state index is 0. The molecule has 1 saturated heterocycles. The number of fused-ring (bicyclic) bond motifs is 3. The number of aliphatic imine (C=N–C) groups is 1. The first-order valence-electron chi connectivity index (χ1n) is 22.3. The van der Waals surface area contributed by atoms with Crippen molar-refractivity contribution < 1.29 is 33.8 Å². The molecule has 4 N–H and O–H groups in total. The topological polar surface area (TPSA) is 202 Å². The summed E-state index contributed by atoms with van der Waals surface area (Å²) in [6.07, 6.45) is 1.40. The molecule has 372 valence electrons. The van der Waals surface area contributed by atoms with Crippen LogP contribution in [0.1, 0.15) is 113 Å². The highest BCUT2D eigenvalue weighted by molar-refractivity contribution is 7.15. The zero-order valence-electron chi connectivity index (χ0n) is 38.8. The lowest BCUT2D eigenvalue weighted by molar-refractivity contribution is -0.144. The summed E-state index contributed by atoms with van der Waals surface area (Å²) < 4.78 is 13.3. The van der Waals surface area contributed by atoms with Gasteiger partial charge in [0.15, 0.2) is 5.82 Å². The molecule has 0 spiro atoms. The fourth-order valence-electron chi connectivity index (χ4n) is 8.19. The smallest absolute Gasteiger partial charge is 0.246 e. The molecule has 3 aromatic heterocycles. The fourth-order valence-corrected chi connectivity index (χ4v) is 10.3. The van der Waals surface area contributed by atoms with E-state index < -0.39 is 41.5 Å². The molecule has 0 unspecified atom stereocenters. The zero-order valence-corrected chi connectivity index (χ0v) is 41.2. The lowest BCUT2D eigenvalue weighted by Gasteiger charge is -2.35. The highest BCUT2D eigenvalue weighted by atomic mass is 35.5. The minimum Gasteiger partial charge on any atom is -0.391 e. The number of nitrogens with zero attached hydrogens (tertiary/aromatic N) is 6. The van der Waals surface area contributed by atoms with Gasteiger partial charge in [0.25, 0.3) is 0 Å². The Morgan fingerprint density at radius 2 is 1.64 bits per heavy atom. The average molecular weight is 1000 g/mol. The molecule has 0 aliphatic carbocycles. The van der Waals surface area contributed by atoms with Gasteiger partial charge in [0.1, 0.15) is 36.1 Å². The van der Waals surface area contributed by atoms with Crippen LogP contribution in [0.2, 0.25) is 5.02 Å². The summed E-state index contributed by atoms with van der Waals surface area (Å²) in [6, 6.07) is 12.6. The van der Waals surface area contributed by atoms with E-state index in [2.05, 4.69) is 45.0 Å². The summed E-state index contributed by atoms with van der Waals surface area (Å²) in [5, 5.41) is 29.5. The van der Waals surface area contributed by atoms with Gasteiger partial charge in [-0.1, -0.05) is 83.6 Å². The summed E-state index contributed by atoms with van der Waals surface area (Å²) in [5.41, 5.74) is 7.74. The predicted octanol–water partition coefficient (Wildman–Crippen LogP) is 7.49. The van der Waals surface area contributed by atoms with Gasteiger partial charge in [-0.3, -0.25) is 28.7 Å². The number of thiazole rings is 1. The first kappa shape index (κ1) is 54.6. The summed E-state index contributed by atoms with van der Waals surface area (Å²) in [6.45, 7) is 14.3. The van der Waals surface area contributed by atoms with Crippen molar-refractivity contribution in [2.75, 3.05) is 39.5 Å². The van der Waals surface area contributed by atoms with Gasteiger partial charge in [0.2, 0.25) is 23.6 Å². The van der Waals surface area contributed by atoms with E-state index in [0.717, 1.165) is 54.0 Å². The Morgan fingerprint density at radius 1 is 0.942 bits per heavy atom. The first-order valence-corrected chi connectivity index (χ1v) is 24.4. The molecule has 2 aromatic carbocycles. The number of halogens is 1. The second-order valence-electron chi connectivity index (χ2n) is 18.0. The normalized spacial score (nSPS) is 17.3. The van der Waals surface area contributed by atoms with Gasteiger partial charge < -0.3 is 35.4 Å². The number of aromatic nitrogens is 4. The third-order valence-electron chi connectivity index (χ3n) is 11.9. The molecule has 2 aliphatic heterocycles. The van der Waals surface area contributed by atoms with Gasteiger partial charge in [-0.2, -0.15) is 0 Å². The van der Waals surface area contributed by atoms with E-state index in [4.69, 9.17) is 26.1 Å². The van der Waals surface area contributed by atoms with Crippen molar-refractivity contribution in [1.29, 1.82) is 0 Å². The third-order valence-corrected chi connectivity index (χ3v) is 14.4. The van der Waals surface area contributed by atoms with Crippen LogP contribution in [0.25, 0.3) is 15.4 Å². The summed E-state index contributed by atoms with van der Waals surface area (Å²) in [4.78, 5) is 67.1. The van der Waals surface area contributed by atoms with Gasteiger partial charge >= 0.3 is 0 Å². The summed E-state index contributed by atoms with van der Waals surface area (Å²) >= 11 is 9.42. The molecule has 69 heavy (non-hydrogen) atoms. The van der Waals surface area contributed by atoms with E-state index in [-0.39, 0.29) is 78.5 Å². The Labute approximate surface area is 418 Å². The summed E-state index contributed by atoms with van der Waals surface area (Å²) in [7, 11) is 0. The molecule has 19 heteroatoms. The van der Waals surface area contributed by atoms with Crippen molar-refractivity contribution in [3.63, 3.8) is 0 Å². The Kier molecular flexibility index (Phi) is 19.0. The number of carbonyl (C=O) groups is 4. The van der Waals surface area contributed by atoms with Gasteiger partial charge in [-0.25, -0.2) is 4.98 Å². The molecule has 4 amide bonds. The van der Waals surface area contributed by atoms with Crippen LogP contribution in [0.3, 0.4) is 0 Å². The van der Waals surface area contributed by atoms with E-state index in [0.29, 0.717) is 23.9 Å². The maximum atomic E-state index is 14.1. The average Bonchev–Trinajstić information content (AvgIpc) is 4.09. The molecule has 1 fully saturated rings. The molecule has 0 bridgehead atoms. The van der Waals surface area contributed by atoms with Gasteiger partial charge in [0.05, 0.1) is 47.0 Å². The number of likely N-dealkylation sites (tertiary alicyclic amines) is 1. The molecule has 0 radical (unpaired) electrons. The van der Waals surface area contributed by atoms with Crippen LogP contribution in [0.5, 0.6) is 0 Å². The van der Waals surface area contributed by atoms with E-state index in [1.54, 1.807) is 29.0 Å². The van der Waals surface area contributed by atoms with Crippen molar-refractivity contribution in [3.8, 4) is 15.4 Å². The fraction of sp³-hybridized carbons (Fsp3) is 0.480. The van der Waals surface area contributed by atoms with Gasteiger partial charge in [-0.05, 0) is 68.4 Å². The number of hydrogen-bond acceptors (Lipinski definition) is 13. The van der Waals surface area contributed by atoms with Gasteiger partial charge in [0, 0.05) is 53.8 Å². The van der Waals surface area contributed by atoms with E-state index in [1.165, 1.54) is 4.90 Å². The molecule has 5 heterocycles. The van der Waals surface area contributed by atoms with Crippen LogP contribution in [0.15, 0.2) is 65.4 Å². The molecule has 0 saturated carbocycles. The van der Waals surface area contributed by atoms with Crippen molar-refractivity contribution in [1.82, 2.24) is 40.6 Å². The molecule has 2 aliphatic rings. The number of amides is 4. The van der Waals surface area contributed by atoms with Crippen LogP contribution in [0.4, 0.5) is 0 Å². The van der Waals surface area contributed by atoms with Crippen LogP contribution < -0.4 is 16.0 Å². The zero-order chi connectivity index (χ0) is 48.0. The number of rotatable bonds is 18. The van der Waals surface area contributed by atoms with Crippen LogP contribution in [-0.4, -0.2) is 117 Å². The highest BCUT2D eigenvalue weighted by Gasteiger charge is 2.45. The molecule has 5 aromatic rings. The maximum Gasteiger partial charge on any atom is 0.246 e. The number of thiophene rings is 1. The molecule has 16 nitrogen and oxygen atoms in total. The number of aryl methyl sites for hydroxylation is 2. The largest absolute Gasteiger partial charge is 0.391 e. The SMILES string of the molecule is C.C.Cc1ncsc1-c1ccc([C@H](C)NC(=O)[C@@H]2C[C@@H](O)CN2C(=O)[C@@H](NC(=O)COCCCOCCNC(=O)C[C@@H]2N=C(c3ccc(Cl)cc3)c3c(sc(C)c3C)-n3cnnc32)C(C)(C)C)cc1. The predicted molar refractivity (Wildman–Crippen MR) is 272 cm³/mol. The number of aliphatic hydroxyl groups excluding tert-OH is 1. The Morgan fingerprint density at radius 3 is 2.32 bits per heavy atom. The molecule has 7 rings (SSSR count). The highest BCUT2D eigenvalue weighted by Crippen LogP contribution is 2.39. The van der Waals surface area contributed by atoms with Gasteiger partial charge in [-0.15, -0.1) is 32.9 Å². The number of β-amino-alcohol motifs (C(OH)–C–C–N with tert-alkyl or cyclic N) is 1. The van der Waals surface area contributed by atoms with Crippen molar-refractivity contribution in [3.05, 3.63) is 104 Å². The van der Waals surface area contributed by atoms with E-state index in [1.807, 2.05) is 93.2 Å². The standard InChI is InChI=1S/C48H58ClN9O7S2.2CH4/c1-27-30(4)67-47-40(27)41(32-13-15-34(49)16-14-32)54-36(44-56-52-25-58(44)47)22-38(60)50-17-20-64-18-8-19-65-24-39(61)55-43(48(5,6)7)46(63)57-23-35(59)21-37(57)45(62)53-28(2)31-9-11-33(12-10-31)42-29(3)51-26-66-42;;/h9-16,25-26,28,35-37,43,59H,8,17-24H2,1-7H3,(H,50,60)(H,53,62)(H,55,61);2*1H4/t28-,35+,36-,37-,43+;;/m0../s1. The van der Waals surface area contributed by atoms with Crippen LogP contribution >= 0.6 is 34.3 Å². The number of benzene rings is 2. The maximum absolute atomic E-state index is 14.1. The number of carbonyl (C=O) groups excluding carboxylic acids is 4. The van der Waals surface area contributed by atoms with Crippen LogP contribution in [-0.2, 0) is 28.7 Å². The Hall–Kier alpha value is -5.37. The molecule has 5 atom stereocenters. The van der Waals surface area contributed by atoms with Crippen molar-refractivity contribution in [2.45, 2.75) is 113 Å².